The van der Waals surface area contributed by atoms with Gasteiger partial charge >= 0.3 is 18.3 Å². The summed E-state index contributed by atoms with van der Waals surface area (Å²) in [4.78, 5) is 23.8. The highest BCUT2D eigenvalue weighted by molar-refractivity contribution is 5.97. The molecule has 1 amide bonds. The predicted octanol–water partition coefficient (Wildman–Crippen LogP) is 3.69. The summed E-state index contributed by atoms with van der Waals surface area (Å²) in [5.41, 5.74) is -4.21. The van der Waals surface area contributed by atoms with Gasteiger partial charge in [-0.2, -0.15) is 31.6 Å². The molecule has 27 heavy (non-hydrogen) atoms. The van der Waals surface area contributed by atoms with Crippen LogP contribution in [-0.2, 0) is 21.9 Å². The first-order valence-electron chi connectivity index (χ1n) is 7.45. The first kappa shape index (κ1) is 22.3. The number of alkyl halides is 6. The zero-order valence-electron chi connectivity index (χ0n) is 13.9. The molecule has 0 saturated heterocycles. The van der Waals surface area contributed by atoms with E-state index in [-0.39, 0.29) is 37.5 Å². The van der Waals surface area contributed by atoms with Crippen molar-refractivity contribution in [1.82, 2.24) is 5.32 Å². The minimum absolute atomic E-state index is 0.0329. The molecule has 0 aromatic heterocycles. The Bertz CT molecular complexity index is 705. The number of unbranched alkanes of at least 4 members (excludes halogenated alkanes) is 1. The largest absolute Gasteiger partial charge is 0.467 e. The van der Waals surface area contributed by atoms with Gasteiger partial charge in [-0.3, -0.25) is 4.79 Å². The molecule has 1 N–H and O–H groups in total. The molecule has 0 spiro atoms. The van der Waals surface area contributed by atoms with Crippen LogP contribution in [0.3, 0.4) is 0 Å². The van der Waals surface area contributed by atoms with Crippen molar-refractivity contribution in [3.8, 4) is 6.07 Å². The van der Waals surface area contributed by atoms with Crippen LogP contribution < -0.4 is 5.32 Å². The summed E-state index contributed by atoms with van der Waals surface area (Å²) in [6, 6.07) is 0.885. The van der Waals surface area contributed by atoms with Crippen LogP contribution in [0, 0.1) is 11.3 Å². The van der Waals surface area contributed by atoms with Gasteiger partial charge < -0.3 is 10.1 Å². The number of methoxy groups -OCH3 is 1. The van der Waals surface area contributed by atoms with Crippen molar-refractivity contribution in [2.75, 3.05) is 7.11 Å². The number of esters is 1. The van der Waals surface area contributed by atoms with E-state index in [1.54, 1.807) is 6.07 Å². The highest BCUT2D eigenvalue weighted by atomic mass is 19.4. The van der Waals surface area contributed by atoms with Gasteiger partial charge in [-0.1, -0.05) is 0 Å². The molecule has 0 unspecified atom stereocenters. The first-order chi connectivity index (χ1) is 12.4. The number of benzene rings is 1. The lowest BCUT2D eigenvalue weighted by molar-refractivity contribution is -0.144. The van der Waals surface area contributed by atoms with Gasteiger partial charge in [0.25, 0.3) is 5.91 Å². The quantitative estimate of drug-likeness (QED) is 0.452. The van der Waals surface area contributed by atoms with Crippen molar-refractivity contribution in [2.45, 2.75) is 37.7 Å². The molecule has 0 bridgehead atoms. The summed E-state index contributed by atoms with van der Waals surface area (Å²) < 4.78 is 81.5. The average molecular weight is 396 g/mol. The topological polar surface area (TPSA) is 79.2 Å². The Morgan fingerprint density at radius 3 is 2.04 bits per heavy atom. The number of hydrogen-bond acceptors (Lipinski definition) is 4. The fourth-order valence-corrected chi connectivity index (χ4v) is 2.10. The van der Waals surface area contributed by atoms with E-state index in [9.17, 15) is 35.9 Å². The molecule has 0 aliphatic rings. The molecular weight excluding hydrogens is 382 g/mol. The molecule has 0 radical (unpaired) electrons. The van der Waals surface area contributed by atoms with Crippen molar-refractivity contribution in [2.24, 2.45) is 0 Å². The standard InChI is InChI=1S/C16H14F6N2O3/c1-27-14(26)12(4-2-3-5-23)24-13(25)9-6-10(15(17,18)19)8-11(7-9)16(20,21)22/h6-8,12H,2-4H2,1H3,(H,24,25)/t12-/m0/s1. The van der Waals surface area contributed by atoms with Crippen molar-refractivity contribution < 1.29 is 40.7 Å². The third-order valence-electron chi connectivity index (χ3n) is 3.42. The minimum atomic E-state index is -5.11. The summed E-state index contributed by atoms with van der Waals surface area (Å²) in [5, 5.41) is 10.5. The molecule has 0 aliphatic heterocycles. The second kappa shape index (κ2) is 8.75. The van der Waals surface area contributed by atoms with Crippen LogP contribution in [0.25, 0.3) is 0 Å². The Morgan fingerprint density at radius 1 is 1.11 bits per heavy atom. The van der Waals surface area contributed by atoms with Gasteiger partial charge in [0.1, 0.15) is 6.04 Å². The van der Waals surface area contributed by atoms with Crippen LogP contribution in [0.2, 0.25) is 0 Å². The summed E-state index contributed by atoms with van der Waals surface area (Å²) in [6.45, 7) is 0. The second-order valence-electron chi connectivity index (χ2n) is 5.39. The van der Waals surface area contributed by atoms with E-state index in [2.05, 4.69) is 4.74 Å². The summed E-state index contributed by atoms with van der Waals surface area (Å²) in [7, 11) is 0.998. The fraction of sp³-hybridized carbons (Fsp3) is 0.438. The molecule has 0 saturated carbocycles. The maximum absolute atomic E-state index is 12.8. The van der Waals surface area contributed by atoms with E-state index in [1.807, 2.05) is 5.32 Å². The third kappa shape index (κ3) is 6.47. The fourth-order valence-electron chi connectivity index (χ4n) is 2.10. The second-order valence-corrected chi connectivity index (χ2v) is 5.39. The number of halogens is 6. The maximum atomic E-state index is 12.8. The van der Waals surface area contributed by atoms with E-state index in [0.717, 1.165) is 7.11 Å². The van der Waals surface area contributed by atoms with Crippen LogP contribution >= 0.6 is 0 Å². The van der Waals surface area contributed by atoms with Crippen LogP contribution in [0.4, 0.5) is 26.3 Å². The molecule has 0 fully saturated rings. The molecule has 148 valence electrons. The highest BCUT2D eigenvalue weighted by Crippen LogP contribution is 2.36. The number of rotatable bonds is 6. The van der Waals surface area contributed by atoms with Gasteiger partial charge in [0, 0.05) is 12.0 Å². The minimum Gasteiger partial charge on any atom is -0.467 e. The molecule has 0 aliphatic carbocycles. The molecule has 1 rings (SSSR count). The normalized spacial score (nSPS) is 12.8. The van der Waals surface area contributed by atoms with Gasteiger partial charge in [-0.15, -0.1) is 0 Å². The lowest BCUT2D eigenvalue weighted by atomic mass is 10.0. The van der Waals surface area contributed by atoms with Crippen LogP contribution in [-0.4, -0.2) is 25.0 Å². The van der Waals surface area contributed by atoms with Gasteiger partial charge in [-0.25, -0.2) is 4.79 Å². The van der Waals surface area contributed by atoms with Gasteiger partial charge in [0.15, 0.2) is 0 Å². The smallest absolute Gasteiger partial charge is 0.416 e. The van der Waals surface area contributed by atoms with Crippen molar-refractivity contribution in [3.63, 3.8) is 0 Å². The van der Waals surface area contributed by atoms with E-state index in [0.29, 0.717) is 0 Å². The number of ether oxygens (including phenoxy) is 1. The predicted molar refractivity (Wildman–Crippen MR) is 79.2 cm³/mol. The molecule has 1 atom stereocenters. The zero-order valence-corrected chi connectivity index (χ0v) is 13.9. The lowest BCUT2D eigenvalue weighted by Crippen LogP contribution is -2.41. The zero-order chi connectivity index (χ0) is 20.8. The molecule has 0 heterocycles. The maximum Gasteiger partial charge on any atom is 0.416 e. The number of nitriles is 1. The van der Waals surface area contributed by atoms with Crippen LogP contribution in [0.15, 0.2) is 18.2 Å². The Hall–Kier alpha value is -2.77. The Labute approximate surface area is 149 Å². The van der Waals surface area contributed by atoms with Crippen LogP contribution in [0.1, 0.15) is 40.7 Å². The SMILES string of the molecule is COC(=O)[C@H](CCCC#N)NC(=O)c1cc(C(F)(F)F)cc(C(F)(F)F)c1. The van der Waals surface area contributed by atoms with Crippen molar-refractivity contribution in [3.05, 3.63) is 34.9 Å². The van der Waals surface area contributed by atoms with E-state index >= 15 is 0 Å². The molecule has 5 nitrogen and oxygen atoms in total. The number of hydrogen-bond donors (Lipinski definition) is 1. The van der Waals surface area contributed by atoms with E-state index in [4.69, 9.17) is 5.26 Å². The number of nitrogens with zero attached hydrogens (tertiary/aromatic N) is 1. The van der Waals surface area contributed by atoms with Gasteiger partial charge in [-0.05, 0) is 31.0 Å². The lowest BCUT2D eigenvalue weighted by Gasteiger charge is -2.18. The average Bonchev–Trinajstić information content (AvgIpc) is 2.58. The molecule has 1 aromatic rings. The molecule has 11 heteroatoms. The van der Waals surface area contributed by atoms with Crippen molar-refractivity contribution >= 4 is 11.9 Å². The Morgan fingerprint density at radius 2 is 1.63 bits per heavy atom. The summed E-state index contributed by atoms with van der Waals surface area (Å²) in [5.74, 6) is -2.25. The van der Waals surface area contributed by atoms with Gasteiger partial charge in [0.05, 0.1) is 24.3 Å². The third-order valence-corrected chi connectivity index (χ3v) is 3.42. The van der Waals surface area contributed by atoms with Gasteiger partial charge in [0.2, 0.25) is 0 Å². The molecular formula is C16H14F6N2O3. The Kier molecular flexibility index (Phi) is 7.21. The van der Waals surface area contributed by atoms with Crippen molar-refractivity contribution in [1.29, 1.82) is 5.26 Å². The number of nitrogens with one attached hydrogen (secondary N) is 1. The molecule has 1 aromatic carbocycles. The monoisotopic (exact) mass is 396 g/mol. The van der Waals surface area contributed by atoms with E-state index < -0.39 is 47.0 Å². The number of amides is 1. The summed E-state index contributed by atoms with van der Waals surface area (Å²) >= 11 is 0. The Balaban J connectivity index is 3.20. The number of carbonyl (C=O) groups is 2. The summed E-state index contributed by atoms with van der Waals surface area (Å²) in [6.07, 6.45) is -10.1. The van der Waals surface area contributed by atoms with E-state index in [1.165, 1.54) is 0 Å². The van der Waals surface area contributed by atoms with Crippen LogP contribution in [0.5, 0.6) is 0 Å². The highest BCUT2D eigenvalue weighted by Gasteiger charge is 2.37. The first-order valence-corrected chi connectivity index (χ1v) is 7.45. The number of carbonyl (C=O) groups excluding carboxylic acids is 2.